The van der Waals surface area contributed by atoms with E-state index < -0.39 is 15.8 Å². The maximum Gasteiger partial charge on any atom is 0.263 e. The zero-order valence-electron chi connectivity index (χ0n) is 20.8. The molecule has 1 aliphatic carbocycles. The molecule has 2 heterocycles. The van der Waals surface area contributed by atoms with E-state index in [4.69, 9.17) is 22.3 Å². The molecule has 38 heavy (non-hydrogen) atoms. The molecule has 5 rings (SSSR count). The smallest absolute Gasteiger partial charge is 0.263 e. The molecule has 1 aliphatic rings. The van der Waals surface area contributed by atoms with Crippen LogP contribution in [0, 0.1) is 5.82 Å². The third kappa shape index (κ3) is 4.75. The van der Waals surface area contributed by atoms with E-state index in [2.05, 4.69) is 9.71 Å². The van der Waals surface area contributed by atoms with Crippen molar-refractivity contribution < 1.29 is 17.9 Å². The number of benzene rings is 2. The molecule has 0 amide bonds. The van der Waals surface area contributed by atoms with Gasteiger partial charge in [-0.25, -0.2) is 22.8 Å². The summed E-state index contributed by atoms with van der Waals surface area (Å²) in [7, 11) is -4.11. The van der Waals surface area contributed by atoms with Gasteiger partial charge in [0.2, 0.25) is 0 Å². The van der Waals surface area contributed by atoms with E-state index in [0.717, 1.165) is 17.1 Å². The molecule has 2 aromatic carbocycles. The number of hydrogen-bond acceptors (Lipinski definition) is 6. The fraction of sp³-hybridized carbons (Fsp3) is 0.259. The normalized spacial score (nSPS) is 16.2. The van der Waals surface area contributed by atoms with Gasteiger partial charge < -0.3 is 10.8 Å². The van der Waals surface area contributed by atoms with E-state index in [-0.39, 0.29) is 33.4 Å². The summed E-state index contributed by atoms with van der Waals surface area (Å²) >= 11 is 6.04. The number of aliphatic hydroxyl groups is 1. The summed E-state index contributed by atoms with van der Waals surface area (Å²) in [6, 6.07) is 10.1. The minimum atomic E-state index is -4.11. The third-order valence-electron chi connectivity index (χ3n) is 6.55. The number of hydrogen-bond donors (Lipinski definition) is 3. The second-order valence-electron chi connectivity index (χ2n) is 9.57. The van der Waals surface area contributed by atoms with Crippen molar-refractivity contribution in [2.45, 2.75) is 50.0 Å². The molecule has 4 N–H and O–H groups in total. The first-order valence-electron chi connectivity index (χ1n) is 12.2. The lowest BCUT2D eigenvalue weighted by molar-refractivity contribution is 0.166. The van der Waals surface area contributed by atoms with Gasteiger partial charge in [-0.2, -0.15) is 0 Å². The number of imidazole rings is 1. The number of fused-ring (bicyclic) bond motifs is 1. The van der Waals surface area contributed by atoms with Gasteiger partial charge in [0.05, 0.1) is 28.7 Å². The van der Waals surface area contributed by atoms with Gasteiger partial charge in [0.15, 0.2) is 0 Å². The fourth-order valence-electron chi connectivity index (χ4n) is 4.64. The molecule has 0 spiro atoms. The first-order valence-corrected chi connectivity index (χ1v) is 14.0. The van der Waals surface area contributed by atoms with Gasteiger partial charge in [0.25, 0.3) is 10.0 Å². The highest BCUT2D eigenvalue weighted by molar-refractivity contribution is 7.92. The summed E-state index contributed by atoms with van der Waals surface area (Å²) in [5, 5.41) is 9.97. The van der Waals surface area contributed by atoms with Crippen molar-refractivity contribution in [3.05, 3.63) is 77.1 Å². The SMILES string of the molecule is CC(C)c1nc(-c2ccc(NS(=O)(=O)c3ccccc3Cl)c(F)c2)c2c(N)ncc(C3=CCC(O)CC3)n12. The largest absolute Gasteiger partial charge is 0.393 e. The zero-order chi connectivity index (χ0) is 27.2. The van der Waals surface area contributed by atoms with Crippen LogP contribution in [0.15, 0.2) is 59.6 Å². The van der Waals surface area contributed by atoms with Crippen LogP contribution >= 0.6 is 11.6 Å². The van der Waals surface area contributed by atoms with Crippen molar-refractivity contribution in [3.8, 4) is 11.3 Å². The van der Waals surface area contributed by atoms with E-state index in [1.54, 1.807) is 18.3 Å². The molecule has 1 unspecified atom stereocenters. The molecule has 11 heteroatoms. The number of aliphatic hydroxyl groups excluding tert-OH is 1. The summed E-state index contributed by atoms with van der Waals surface area (Å²) in [5.74, 6) is 0.202. The van der Waals surface area contributed by atoms with Gasteiger partial charge >= 0.3 is 0 Å². The lowest BCUT2D eigenvalue weighted by atomic mass is 9.95. The van der Waals surface area contributed by atoms with Gasteiger partial charge in [-0.05, 0) is 49.1 Å². The Bertz CT molecular complexity index is 1680. The third-order valence-corrected chi connectivity index (χ3v) is 8.42. The van der Waals surface area contributed by atoms with Crippen molar-refractivity contribution >= 4 is 44.2 Å². The van der Waals surface area contributed by atoms with Crippen LogP contribution in [0.3, 0.4) is 0 Å². The Kier molecular flexibility index (Phi) is 6.89. The highest BCUT2D eigenvalue weighted by atomic mass is 35.5. The number of halogens is 2. The Morgan fingerprint density at radius 3 is 2.66 bits per heavy atom. The van der Waals surface area contributed by atoms with E-state index in [1.165, 1.54) is 30.3 Å². The Morgan fingerprint density at radius 2 is 2.00 bits per heavy atom. The van der Waals surface area contributed by atoms with Crippen molar-refractivity contribution in [1.29, 1.82) is 0 Å². The summed E-state index contributed by atoms with van der Waals surface area (Å²) < 4.78 is 45.1. The van der Waals surface area contributed by atoms with Crippen molar-refractivity contribution in [2.75, 3.05) is 10.5 Å². The molecule has 0 bridgehead atoms. The predicted octanol–water partition coefficient (Wildman–Crippen LogP) is 5.62. The molecule has 198 valence electrons. The number of nitrogen functional groups attached to an aromatic ring is 1. The molecule has 0 radical (unpaired) electrons. The van der Waals surface area contributed by atoms with Gasteiger partial charge in [0.1, 0.15) is 33.6 Å². The van der Waals surface area contributed by atoms with E-state index in [9.17, 15) is 13.5 Å². The summed E-state index contributed by atoms with van der Waals surface area (Å²) in [6.45, 7) is 4.01. The number of nitrogens with one attached hydrogen (secondary N) is 1. The van der Waals surface area contributed by atoms with Gasteiger partial charge in [0, 0.05) is 11.5 Å². The highest BCUT2D eigenvalue weighted by Crippen LogP contribution is 2.36. The van der Waals surface area contributed by atoms with Crippen LogP contribution in [0.4, 0.5) is 15.9 Å². The van der Waals surface area contributed by atoms with Crippen LogP contribution in [-0.4, -0.2) is 34.0 Å². The second-order valence-corrected chi connectivity index (χ2v) is 11.6. The average molecular weight is 556 g/mol. The molecule has 0 saturated heterocycles. The average Bonchev–Trinajstić information content (AvgIpc) is 3.28. The van der Waals surface area contributed by atoms with Crippen molar-refractivity contribution in [1.82, 2.24) is 14.4 Å². The maximum atomic E-state index is 15.3. The van der Waals surface area contributed by atoms with Crippen LogP contribution in [0.1, 0.15) is 50.5 Å². The molecule has 0 aliphatic heterocycles. The number of rotatable bonds is 6. The minimum absolute atomic E-state index is 0.0122. The number of nitrogens with two attached hydrogens (primary N) is 1. The number of anilines is 2. The molecule has 2 aromatic heterocycles. The van der Waals surface area contributed by atoms with Gasteiger partial charge in [-0.1, -0.05) is 49.7 Å². The molecular formula is C27H27ClFN5O3S. The van der Waals surface area contributed by atoms with Crippen LogP contribution in [0.2, 0.25) is 5.02 Å². The van der Waals surface area contributed by atoms with Crippen molar-refractivity contribution in [2.24, 2.45) is 0 Å². The molecule has 4 aromatic rings. The lowest BCUT2D eigenvalue weighted by Gasteiger charge is -2.20. The van der Waals surface area contributed by atoms with Crippen LogP contribution in [0.5, 0.6) is 0 Å². The van der Waals surface area contributed by atoms with E-state index in [0.29, 0.717) is 36.0 Å². The lowest BCUT2D eigenvalue weighted by Crippen LogP contribution is -2.14. The zero-order valence-corrected chi connectivity index (χ0v) is 22.4. The van der Waals surface area contributed by atoms with Crippen molar-refractivity contribution in [3.63, 3.8) is 0 Å². The second kappa shape index (κ2) is 10.0. The van der Waals surface area contributed by atoms with Crippen LogP contribution in [-0.2, 0) is 10.0 Å². The Hall–Kier alpha value is -3.47. The van der Waals surface area contributed by atoms with E-state index >= 15 is 4.39 Å². The van der Waals surface area contributed by atoms with Crippen LogP contribution in [0.25, 0.3) is 22.3 Å². The van der Waals surface area contributed by atoms with Gasteiger partial charge in [-0.15, -0.1) is 0 Å². The highest BCUT2D eigenvalue weighted by Gasteiger charge is 2.25. The Labute approximate surface area is 225 Å². The fourth-order valence-corrected chi connectivity index (χ4v) is 6.23. The number of allylic oxidation sites excluding steroid dienone is 1. The molecular weight excluding hydrogens is 529 g/mol. The van der Waals surface area contributed by atoms with Gasteiger partial charge in [-0.3, -0.25) is 9.12 Å². The molecule has 0 saturated carbocycles. The number of nitrogens with zero attached hydrogens (tertiary/aromatic N) is 3. The predicted molar refractivity (Wildman–Crippen MR) is 147 cm³/mol. The minimum Gasteiger partial charge on any atom is -0.393 e. The Balaban J connectivity index is 1.60. The first kappa shape index (κ1) is 26.1. The molecule has 0 fully saturated rings. The van der Waals surface area contributed by atoms with Crippen LogP contribution < -0.4 is 10.5 Å². The molecule has 1 atom stereocenters. The molecule has 8 nitrogen and oxygen atoms in total. The summed E-state index contributed by atoms with van der Waals surface area (Å²) in [5.41, 5.74) is 9.38. The summed E-state index contributed by atoms with van der Waals surface area (Å²) in [6.07, 6.45) is 5.22. The quantitative estimate of drug-likeness (QED) is 0.284. The van der Waals surface area contributed by atoms with E-state index in [1.807, 2.05) is 24.3 Å². The number of aromatic nitrogens is 3. The monoisotopic (exact) mass is 555 g/mol. The summed E-state index contributed by atoms with van der Waals surface area (Å²) in [4.78, 5) is 9.09. The standard InChI is InChI=1S/C27H27ClFN5O3S/c1-15(2)27-32-24(25-26(30)31-14-22(34(25)27)16-7-10-18(35)11-8-16)17-9-12-21(20(29)13-17)33-38(36,37)23-6-4-3-5-19(23)28/h3-7,9,12-15,18,33,35H,8,10-11H2,1-2H3,(H2,30,31). The maximum absolute atomic E-state index is 15.3. The first-order chi connectivity index (χ1) is 18.1. The number of sulfonamides is 1. The topological polar surface area (TPSA) is 123 Å². The Morgan fingerprint density at radius 1 is 1.24 bits per heavy atom.